The van der Waals surface area contributed by atoms with E-state index in [1.807, 2.05) is 0 Å². The normalized spacial score (nSPS) is 13.0. The zero-order valence-corrected chi connectivity index (χ0v) is 10.4. The van der Waals surface area contributed by atoms with E-state index in [2.05, 4.69) is 62.1 Å². The molecule has 11 heavy (non-hydrogen) atoms. The molecule has 60 valence electrons. The van der Waals surface area contributed by atoms with Crippen LogP contribution in [0, 0.1) is 0 Å². The van der Waals surface area contributed by atoms with E-state index < -0.39 is 0 Å². The Kier molecular flexibility index (Phi) is 3.97. The van der Waals surface area contributed by atoms with Gasteiger partial charge in [0.1, 0.15) is 0 Å². The highest BCUT2D eigenvalue weighted by Gasteiger charge is 2.07. The average Bonchev–Trinajstić information content (AvgIpc) is 2.04. The van der Waals surface area contributed by atoms with Gasteiger partial charge >= 0.3 is 0 Å². The fourth-order valence-corrected chi connectivity index (χ4v) is 1.92. The van der Waals surface area contributed by atoms with Gasteiger partial charge in [0.05, 0.1) is 15.3 Å². The van der Waals surface area contributed by atoms with Gasteiger partial charge in [0.2, 0.25) is 0 Å². The van der Waals surface area contributed by atoms with E-state index in [0.717, 1.165) is 15.8 Å². The summed E-state index contributed by atoms with van der Waals surface area (Å²) in [5.41, 5.74) is 2.22. The van der Waals surface area contributed by atoms with Crippen molar-refractivity contribution in [1.29, 1.82) is 0 Å². The van der Waals surface area contributed by atoms with Gasteiger partial charge in [-0.2, -0.15) is 0 Å². The van der Waals surface area contributed by atoms with Crippen molar-refractivity contribution in [2.75, 3.05) is 0 Å². The van der Waals surface area contributed by atoms with Crippen LogP contribution in [0.3, 0.4) is 0 Å². The number of alkyl halides is 2. The minimum atomic E-state index is 0.450. The zero-order chi connectivity index (χ0) is 8.27. The lowest BCUT2D eigenvalue weighted by molar-refractivity contribution is 0.959. The molecule has 0 saturated carbocycles. The highest BCUT2D eigenvalue weighted by Crippen LogP contribution is 2.23. The third kappa shape index (κ3) is 2.50. The summed E-state index contributed by atoms with van der Waals surface area (Å²) < 4.78 is 1.39. The minimum Gasteiger partial charge on any atom is -0.257 e. The summed E-state index contributed by atoms with van der Waals surface area (Å²) in [7, 11) is 0. The summed E-state index contributed by atoms with van der Waals surface area (Å²) in [6.07, 6.45) is 3.50. The van der Waals surface area contributed by atoms with Gasteiger partial charge in [-0.15, -0.1) is 0 Å². The summed E-state index contributed by atoms with van der Waals surface area (Å²) in [6.45, 7) is 2.13. The summed E-state index contributed by atoms with van der Waals surface area (Å²) in [5.74, 6) is 0. The number of hydrogen-bond acceptors (Lipinski definition) is 2. The maximum atomic E-state index is 4.27. The number of halogens is 2. The zero-order valence-electron chi connectivity index (χ0n) is 6.09. The molecule has 0 N–H and O–H groups in total. The van der Waals surface area contributed by atoms with Crippen LogP contribution >= 0.6 is 45.2 Å². The second kappa shape index (κ2) is 4.54. The molecule has 0 amide bonds. The Morgan fingerprint density at radius 2 is 2.09 bits per heavy atom. The number of aromatic nitrogens is 2. The third-order valence-electron chi connectivity index (χ3n) is 1.31. The molecule has 0 radical (unpaired) electrons. The van der Waals surface area contributed by atoms with Gasteiger partial charge in [-0.1, -0.05) is 45.2 Å². The van der Waals surface area contributed by atoms with Crippen molar-refractivity contribution in [3.8, 4) is 0 Å². The first-order valence-electron chi connectivity index (χ1n) is 3.25. The lowest BCUT2D eigenvalue weighted by Crippen LogP contribution is -1.97. The van der Waals surface area contributed by atoms with Crippen molar-refractivity contribution in [3.05, 3.63) is 23.8 Å². The smallest absolute Gasteiger partial charge is 0.0752 e. The van der Waals surface area contributed by atoms with Crippen molar-refractivity contribution < 1.29 is 0 Å². The molecule has 1 aromatic heterocycles. The van der Waals surface area contributed by atoms with Crippen LogP contribution in [-0.4, -0.2) is 9.97 Å². The molecule has 1 aromatic rings. The molecule has 1 heterocycles. The van der Waals surface area contributed by atoms with E-state index >= 15 is 0 Å². The fourth-order valence-electron chi connectivity index (χ4n) is 0.813. The maximum Gasteiger partial charge on any atom is 0.0752 e. The van der Waals surface area contributed by atoms with Crippen molar-refractivity contribution in [2.45, 2.75) is 15.3 Å². The molecule has 0 fully saturated rings. The first kappa shape index (κ1) is 9.63. The van der Waals surface area contributed by atoms with Crippen LogP contribution in [0.5, 0.6) is 0 Å². The quantitative estimate of drug-likeness (QED) is 0.588. The molecule has 2 nitrogen and oxygen atoms in total. The Hall–Kier alpha value is 0.540. The van der Waals surface area contributed by atoms with E-state index in [0.29, 0.717) is 3.92 Å². The van der Waals surface area contributed by atoms with Gasteiger partial charge in [0, 0.05) is 16.8 Å². The molecular formula is C7H8I2N2. The molecule has 0 aromatic carbocycles. The van der Waals surface area contributed by atoms with Gasteiger partial charge in [-0.3, -0.25) is 9.97 Å². The number of rotatable bonds is 2. The number of hydrogen-bond donors (Lipinski definition) is 0. The van der Waals surface area contributed by atoms with Crippen LogP contribution in [0.15, 0.2) is 12.4 Å². The van der Waals surface area contributed by atoms with E-state index in [9.17, 15) is 0 Å². The van der Waals surface area contributed by atoms with Gasteiger partial charge in [-0.25, -0.2) is 0 Å². The SMILES string of the molecule is CC(I)c1nccnc1CI. The lowest BCUT2D eigenvalue weighted by Gasteiger charge is -2.05. The predicted octanol–water partition coefficient (Wildman–Crippen LogP) is 2.91. The van der Waals surface area contributed by atoms with Crippen molar-refractivity contribution in [3.63, 3.8) is 0 Å². The fraction of sp³-hybridized carbons (Fsp3) is 0.429. The van der Waals surface area contributed by atoms with Crippen LogP contribution in [0.1, 0.15) is 22.2 Å². The van der Waals surface area contributed by atoms with Crippen molar-refractivity contribution in [2.24, 2.45) is 0 Å². The van der Waals surface area contributed by atoms with Crippen LogP contribution < -0.4 is 0 Å². The maximum absolute atomic E-state index is 4.27. The molecular weight excluding hydrogens is 366 g/mol. The highest BCUT2D eigenvalue weighted by atomic mass is 127. The van der Waals surface area contributed by atoms with Gasteiger partial charge in [0.25, 0.3) is 0 Å². The van der Waals surface area contributed by atoms with Crippen LogP contribution in [0.4, 0.5) is 0 Å². The lowest BCUT2D eigenvalue weighted by atomic mass is 10.3. The standard InChI is InChI=1S/C7H8I2N2/c1-5(9)7-6(4-8)10-2-3-11-7/h2-3,5H,4H2,1H3. The molecule has 1 atom stereocenters. The predicted molar refractivity (Wildman–Crippen MR) is 62.2 cm³/mol. The number of nitrogens with zero attached hydrogens (tertiary/aromatic N) is 2. The Labute approximate surface area is 93.5 Å². The monoisotopic (exact) mass is 374 g/mol. The van der Waals surface area contributed by atoms with Crippen LogP contribution in [-0.2, 0) is 4.43 Å². The minimum absolute atomic E-state index is 0.450. The van der Waals surface area contributed by atoms with Crippen molar-refractivity contribution >= 4 is 45.2 Å². The average molecular weight is 374 g/mol. The topological polar surface area (TPSA) is 25.8 Å². The Morgan fingerprint density at radius 3 is 2.55 bits per heavy atom. The molecule has 0 aliphatic rings. The first-order chi connectivity index (χ1) is 5.25. The molecule has 0 bridgehead atoms. The first-order valence-corrected chi connectivity index (χ1v) is 6.02. The third-order valence-corrected chi connectivity index (χ3v) is 2.62. The molecule has 1 rings (SSSR count). The highest BCUT2D eigenvalue weighted by molar-refractivity contribution is 14.1. The largest absolute Gasteiger partial charge is 0.257 e. The van der Waals surface area contributed by atoms with Crippen LogP contribution in [0.25, 0.3) is 0 Å². The van der Waals surface area contributed by atoms with E-state index in [4.69, 9.17) is 0 Å². The summed E-state index contributed by atoms with van der Waals surface area (Å²) in [5, 5.41) is 0. The second-order valence-electron chi connectivity index (χ2n) is 2.14. The van der Waals surface area contributed by atoms with E-state index in [-0.39, 0.29) is 0 Å². The molecule has 0 saturated heterocycles. The Bertz CT molecular complexity index is 238. The molecule has 4 heteroatoms. The van der Waals surface area contributed by atoms with Gasteiger partial charge in [0.15, 0.2) is 0 Å². The molecule has 0 spiro atoms. The van der Waals surface area contributed by atoms with Gasteiger partial charge in [-0.05, 0) is 6.92 Å². The van der Waals surface area contributed by atoms with E-state index in [1.54, 1.807) is 12.4 Å². The van der Waals surface area contributed by atoms with Crippen LogP contribution in [0.2, 0.25) is 0 Å². The summed E-state index contributed by atoms with van der Waals surface area (Å²) >= 11 is 4.66. The summed E-state index contributed by atoms with van der Waals surface area (Å²) in [6, 6.07) is 0. The van der Waals surface area contributed by atoms with E-state index in [1.165, 1.54) is 0 Å². The molecule has 1 unspecified atom stereocenters. The molecule has 0 aliphatic heterocycles. The Balaban J connectivity index is 3.02. The second-order valence-corrected chi connectivity index (χ2v) is 4.77. The van der Waals surface area contributed by atoms with Crippen molar-refractivity contribution in [1.82, 2.24) is 9.97 Å². The summed E-state index contributed by atoms with van der Waals surface area (Å²) in [4.78, 5) is 8.52. The van der Waals surface area contributed by atoms with Gasteiger partial charge < -0.3 is 0 Å². The Morgan fingerprint density at radius 1 is 1.45 bits per heavy atom. The molecule has 0 aliphatic carbocycles.